The maximum Gasteiger partial charge on any atom is 0.253 e. The van der Waals surface area contributed by atoms with Crippen molar-refractivity contribution >= 4 is 34.3 Å². The van der Waals surface area contributed by atoms with E-state index in [4.69, 9.17) is 5.73 Å². The number of benzene rings is 1. The molecule has 2 rings (SSSR count). The fraction of sp³-hybridized carbons (Fsp3) is 0.308. The zero-order valence-electron chi connectivity index (χ0n) is 10.5. The highest BCUT2D eigenvalue weighted by molar-refractivity contribution is 7.98. The lowest BCUT2D eigenvalue weighted by molar-refractivity contribution is 0.0945. The molecular formula is C13H17N3OS. The minimum atomic E-state index is -0.0485. The summed E-state index contributed by atoms with van der Waals surface area (Å²) in [6, 6.07) is 5.66. The minimum Gasteiger partial charge on any atom is -0.399 e. The molecule has 1 atom stereocenters. The fourth-order valence-corrected chi connectivity index (χ4v) is 2.51. The summed E-state index contributed by atoms with van der Waals surface area (Å²) >= 11 is 1.72. The van der Waals surface area contributed by atoms with Crippen LogP contribution in [0.25, 0.3) is 10.9 Å². The normalized spacial score (nSPS) is 12.6. The van der Waals surface area contributed by atoms with Crippen LogP contribution in [0.4, 0.5) is 5.69 Å². The highest BCUT2D eigenvalue weighted by atomic mass is 32.2. The van der Waals surface area contributed by atoms with Crippen LogP contribution in [0.3, 0.4) is 0 Å². The van der Waals surface area contributed by atoms with E-state index in [9.17, 15) is 4.79 Å². The Kier molecular flexibility index (Phi) is 3.81. The lowest BCUT2D eigenvalue weighted by Gasteiger charge is -2.11. The Morgan fingerprint density at radius 1 is 1.56 bits per heavy atom. The van der Waals surface area contributed by atoms with Gasteiger partial charge in [-0.25, -0.2) is 0 Å². The summed E-state index contributed by atoms with van der Waals surface area (Å²) < 4.78 is 0. The average molecular weight is 263 g/mol. The number of fused-ring (bicyclic) bond motifs is 1. The lowest BCUT2D eigenvalue weighted by atomic mass is 10.1. The minimum absolute atomic E-state index is 0.0485. The second-order valence-corrected chi connectivity index (χ2v) is 5.25. The highest BCUT2D eigenvalue weighted by Gasteiger charge is 2.13. The summed E-state index contributed by atoms with van der Waals surface area (Å²) in [4.78, 5) is 15.2. The van der Waals surface area contributed by atoms with Crippen molar-refractivity contribution in [2.24, 2.45) is 0 Å². The van der Waals surface area contributed by atoms with E-state index in [1.165, 1.54) is 0 Å². The molecule has 96 valence electrons. The quantitative estimate of drug-likeness (QED) is 0.741. The van der Waals surface area contributed by atoms with Gasteiger partial charge in [0.25, 0.3) is 5.91 Å². The number of nitrogens with one attached hydrogen (secondary N) is 2. The van der Waals surface area contributed by atoms with Crippen LogP contribution in [-0.2, 0) is 0 Å². The third-order valence-corrected chi connectivity index (χ3v) is 3.58. The SMILES string of the molecule is CSCC(C)NC(=O)c1c[nH]c2cc(N)ccc12. The van der Waals surface area contributed by atoms with Gasteiger partial charge in [0.05, 0.1) is 5.56 Å². The molecule has 0 bridgehead atoms. The number of amides is 1. The van der Waals surface area contributed by atoms with Crippen LogP contribution < -0.4 is 11.1 Å². The number of carbonyl (C=O) groups is 1. The molecule has 18 heavy (non-hydrogen) atoms. The molecule has 1 aromatic heterocycles. The molecule has 4 N–H and O–H groups in total. The van der Waals surface area contributed by atoms with Crippen LogP contribution in [0.2, 0.25) is 0 Å². The number of hydrogen-bond donors (Lipinski definition) is 3. The van der Waals surface area contributed by atoms with E-state index in [0.717, 1.165) is 16.7 Å². The number of aromatic amines is 1. The third-order valence-electron chi connectivity index (χ3n) is 2.74. The zero-order chi connectivity index (χ0) is 13.1. The number of nitrogen functional groups attached to an aromatic ring is 1. The maximum atomic E-state index is 12.1. The number of H-pyrrole nitrogens is 1. The van der Waals surface area contributed by atoms with Crippen LogP contribution in [0.5, 0.6) is 0 Å². The van der Waals surface area contributed by atoms with Crippen molar-refractivity contribution in [2.45, 2.75) is 13.0 Å². The van der Waals surface area contributed by atoms with Gasteiger partial charge < -0.3 is 16.0 Å². The molecule has 0 radical (unpaired) electrons. The van der Waals surface area contributed by atoms with Crippen molar-refractivity contribution in [1.82, 2.24) is 10.3 Å². The van der Waals surface area contributed by atoms with E-state index in [2.05, 4.69) is 10.3 Å². The predicted molar refractivity (Wildman–Crippen MR) is 78.0 cm³/mol. The van der Waals surface area contributed by atoms with Gasteiger partial charge in [-0.1, -0.05) is 0 Å². The summed E-state index contributed by atoms with van der Waals surface area (Å²) in [6.07, 6.45) is 3.75. The molecular weight excluding hydrogens is 246 g/mol. The van der Waals surface area contributed by atoms with E-state index < -0.39 is 0 Å². The Morgan fingerprint density at radius 2 is 2.33 bits per heavy atom. The van der Waals surface area contributed by atoms with Gasteiger partial charge in [0.2, 0.25) is 0 Å². The van der Waals surface area contributed by atoms with Crippen LogP contribution >= 0.6 is 11.8 Å². The Balaban J connectivity index is 2.23. The first-order valence-corrected chi connectivity index (χ1v) is 7.17. The van der Waals surface area contributed by atoms with E-state index in [0.29, 0.717) is 11.3 Å². The number of carbonyl (C=O) groups excluding carboxylic acids is 1. The first kappa shape index (κ1) is 12.8. The molecule has 1 aromatic carbocycles. The van der Waals surface area contributed by atoms with Crippen molar-refractivity contribution in [3.05, 3.63) is 30.0 Å². The molecule has 0 saturated heterocycles. The summed E-state index contributed by atoms with van der Waals surface area (Å²) in [7, 11) is 0. The van der Waals surface area contributed by atoms with Gasteiger partial charge in [0, 0.05) is 34.6 Å². The molecule has 0 spiro atoms. The highest BCUT2D eigenvalue weighted by Crippen LogP contribution is 2.20. The molecule has 0 aliphatic rings. The topological polar surface area (TPSA) is 70.9 Å². The van der Waals surface area contributed by atoms with Gasteiger partial charge in [0.15, 0.2) is 0 Å². The summed E-state index contributed by atoms with van der Waals surface area (Å²) in [5, 5.41) is 3.88. The molecule has 0 saturated carbocycles. The number of hydrogen-bond acceptors (Lipinski definition) is 3. The van der Waals surface area contributed by atoms with E-state index in [-0.39, 0.29) is 11.9 Å². The van der Waals surface area contributed by atoms with Crippen molar-refractivity contribution in [1.29, 1.82) is 0 Å². The zero-order valence-corrected chi connectivity index (χ0v) is 11.3. The molecule has 4 nitrogen and oxygen atoms in total. The van der Waals surface area contributed by atoms with Crippen LogP contribution in [0.15, 0.2) is 24.4 Å². The number of anilines is 1. The van der Waals surface area contributed by atoms with Gasteiger partial charge >= 0.3 is 0 Å². The summed E-state index contributed by atoms with van der Waals surface area (Å²) in [6.45, 7) is 2.00. The van der Waals surface area contributed by atoms with Crippen LogP contribution in [-0.4, -0.2) is 28.9 Å². The van der Waals surface area contributed by atoms with Crippen LogP contribution in [0, 0.1) is 0 Å². The lowest BCUT2D eigenvalue weighted by Crippen LogP contribution is -2.34. The second-order valence-electron chi connectivity index (χ2n) is 4.34. The molecule has 0 aliphatic heterocycles. The Labute approximate surface area is 110 Å². The fourth-order valence-electron chi connectivity index (χ4n) is 1.92. The van der Waals surface area contributed by atoms with E-state index >= 15 is 0 Å². The number of nitrogens with two attached hydrogens (primary N) is 1. The van der Waals surface area contributed by atoms with Gasteiger partial charge in [0.1, 0.15) is 0 Å². The summed E-state index contributed by atoms with van der Waals surface area (Å²) in [5.41, 5.74) is 7.94. The van der Waals surface area contributed by atoms with Crippen molar-refractivity contribution in [2.75, 3.05) is 17.7 Å². The molecule has 2 aromatic rings. The first-order valence-electron chi connectivity index (χ1n) is 5.78. The molecule has 0 aliphatic carbocycles. The number of aromatic nitrogens is 1. The van der Waals surface area contributed by atoms with E-state index in [1.807, 2.05) is 25.3 Å². The Morgan fingerprint density at radius 3 is 3.06 bits per heavy atom. The van der Waals surface area contributed by atoms with Crippen LogP contribution in [0.1, 0.15) is 17.3 Å². The van der Waals surface area contributed by atoms with Crippen molar-refractivity contribution < 1.29 is 4.79 Å². The largest absolute Gasteiger partial charge is 0.399 e. The summed E-state index contributed by atoms with van der Waals surface area (Å²) in [5.74, 6) is 0.855. The maximum absolute atomic E-state index is 12.1. The molecule has 5 heteroatoms. The van der Waals surface area contributed by atoms with Gasteiger partial charge in [-0.2, -0.15) is 11.8 Å². The van der Waals surface area contributed by atoms with Crippen molar-refractivity contribution in [3.8, 4) is 0 Å². The first-order chi connectivity index (χ1) is 8.61. The molecule has 1 amide bonds. The molecule has 1 heterocycles. The second kappa shape index (κ2) is 5.35. The van der Waals surface area contributed by atoms with Gasteiger partial charge in [-0.3, -0.25) is 4.79 Å². The monoisotopic (exact) mass is 263 g/mol. The standard InChI is InChI=1S/C13H17N3OS/c1-8(7-18-2)16-13(17)11-6-15-12-5-9(14)3-4-10(11)12/h3-6,8,15H,7,14H2,1-2H3,(H,16,17). The number of thioether (sulfide) groups is 1. The van der Waals surface area contributed by atoms with Gasteiger partial charge in [-0.15, -0.1) is 0 Å². The Hall–Kier alpha value is -1.62. The smallest absolute Gasteiger partial charge is 0.253 e. The van der Waals surface area contributed by atoms with E-state index in [1.54, 1.807) is 24.0 Å². The molecule has 0 fully saturated rings. The number of rotatable bonds is 4. The third kappa shape index (κ3) is 2.61. The molecule has 1 unspecified atom stereocenters. The van der Waals surface area contributed by atoms with Crippen molar-refractivity contribution in [3.63, 3.8) is 0 Å². The van der Waals surface area contributed by atoms with Gasteiger partial charge in [-0.05, 0) is 31.4 Å². The Bertz CT molecular complexity index is 564. The predicted octanol–water partition coefficient (Wildman–Crippen LogP) is 2.23. The average Bonchev–Trinajstić information content (AvgIpc) is 2.71.